The monoisotopic (exact) mass is 219 g/mol. The summed E-state index contributed by atoms with van der Waals surface area (Å²) in [5, 5.41) is 11.9. The van der Waals surface area contributed by atoms with Crippen LogP contribution in [0, 0.1) is 0 Å². The largest absolute Gasteiger partial charge is 0.394 e. The van der Waals surface area contributed by atoms with Crippen molar-refractivity contribution in [3.8, 4) is 0 Å². The Kier molecular flexibility index (Phi) is 3.25. The summed E-state index contributed by atoms with van der Waals surface area (Å²) in [6, 6.07) is 7.91. The molecule has 1 aliphatic rings. The van der Waals surface area contributed by atoms with Gasteiger partial charge in [0.15, 0.2) is 0 Å². The second-order valence-corrected chi connectivity index (χ2v) is 4.25. The van der Waals surface area contributed by atoms with Gasteiger partial charge in [0.05, 0.1) is 18.6 Å². The quantitative estimate of drug-likeness (QED) is 0.799. The van der Waals surface area contributed by atoms with Crippen molar-refractivity contribution in [3.05, 3.63) is 35.4 Å². The number of amides is 1. The lowest BCUT2D eigenvalue weighted by Gasteiger charge is -2.30. The van der Waals surface area contributed by atoms with E-state index in [9.17, 15) is 4.79 Å². The summed E-state index contributed by atoms with van der Waals surface area (Å²) in [4.78, 5) is 11.9. The fourth-order valence-corrected chi connectivity index (χ4v) is 2.07. The number of carbonyl (C=O) groups is 1. The Morgan fingerprint density at radius 2 is 2.31 bits per heavy atom. The number of nitrogens with one attached hydrogen (secondary N) is 1. The fourth-order valence-electron chi connectivity index (χ4n) is 2.07. The number of rotatable bonds is 4. The van der Waals surface area contributed by atoms with Gasteiger partial charge >= 0.3 is 0 Å². The molecule has 0 spiro atoms. The van der Waals surface area contributed by atoms with Crippen molar-refractivity contribution in [3.63, 3.8) is 0 Å². The molecule has 0 radical (unpaired) electrons. The molecule has 0 aromatic heterocycles. The molecule has 3 nitrogen and oxygen atoms in total. The van der Waals surface area contributed by atoms with E-state index in [1.807, 2.05) is 25.1 Å². The highest BCUT2D eigenvalue weighted by atomic mass is 16.3. The molecule has 2 unspecified atom stereocenters. The number of hydrogen-bond acceptors (Lipinski definition) is 2. The zero-order valence-electron chi connectivity index (χ0n) is 9.44. The second kappa shape index (κ2) is 4.66. The van der Waals surface area contributed by atoms with Crippen molar-refractivity contribution in [1.29, 1.82) is 0 Å². The van der Waals surface area contributed by atoms with E-state index in [2.05, 4.69) is 11.4 Å². The highest BCUT2D eigenvalue weighted by Crippen LogP contribution is 2.34. The molecule has 2 rings (SSSR count). The van der Waals surface area contributed by atoms with Gasteiger partial charge < -0.3 is 10.4 Å². The second-order valence-electron chi connectivity index (χ2n) is 4.25. The van der Waals surface area contributed by atoms with Crippen LogP contribution < -0.4 is 5.32 Å². The molecule has 86 valence electrons. The van der Waals surface area contributed by atoms with E-state index in [1.165, 1.54) is 5.56 Å². The standard InChI is InChI=1S/C13H17NO2/c1-2-10(8-15)14-13(16)12-7-9-5-3-4-6-11(9)12/h3-6,10,12,15H,2,7-8H2,1H3,(H,14,16). The summed E-state index contributed by atoms with van der Waals surface area (Å²) in [7, 11) is 0. The average Bonchev–Trinajstić information content (AvgIpc) is 2.27. The van der Waals surface area contributed by atoms with Gasteiger partial charge in [-0.25, -0.2) is 0 Å². The van der Waals surface area contributed by atoms with Crippen LogP contribution in [-0.2, 0) is 11.2 Å². The first-order chi connectivity index (χ1) is 7.76. The topological polar surface area (TPSA) is 49.3 Å². The molecule has 2 N–H and O–H groups in total. The maximum absolute atomic E-state index is 11.9. The highest BCUT2D eigenvalue weighted by molar-refractivity contribution is 5.87. The van der Waals surface area contributed by atoms with E-state index in [0.29, 0.717) is 0 Å². The van der Waals surface area contributed by atoms with Crippen LogP contribution in [0.25, 0.3) is 0 Å². The first-order valence-corrected chi connectivity index (χ1v) is 5.75. The minimum Gasteiger partial charge on any atom is -0.394 e. The molecule has 1 amide bonds. The van der Waals surface area contributed by atoms with Crippen molar-refractivity contribution in [1.82, 2.24) is 5.32 Å². The molecule has 0 saturated carbocycles. The molecule has 0 fully saturated rings. The minimum absolute atomic E-state index is 0.0105. The smallest absolute Gasteiger partial charge is 0.228 e. The molecule has 1 aromatic rings. The lowest BCUT2D eigenvalue weighted by Crippen LogP contribution is -2.42. The van der Waals surface area contributed by atoms with Gasteiger partial charge in [-0.2, -0.15) is 0 Å². The summed E-state index contributed by atoms with van der Waals surface area (Å²) >= 11 is 0. The highest BCUT2D eigenvalue weighted by Gasteiger charge is 2.32. The summed E-state index contributed by atoms with van der Waals surface area (Å²) in [6.07, 6.45) is 1.58. The van der Waals surface area contributed by atoms with Crippen LogP contribution in [-0.4, -0.2) is 23.7 Å². The maximum Gasteiger partial charge on any atom is 0.228 e. The molecule has 1 aliphatic carbocycles. The van der Waals surface area contributed by atoms with Crippen LogP contribution >= 0.6 is 0 Å². The lowest BCUT2D eigenvalue weighted by atomic mass is 9.77. The minimum atomic E-state index is -0.111. The Hall–Kier alpha value is -1.35. The summed E-state index contributed by atoms with van der Waals surface area (Å²) in [6.45, 7) is 1.96. The number of carbonyl (C=O) groups excluding carboxylic acids is 1. The van der Waals surface area contributed by atoms with Crippen molar-refractivity contribution in [2.24, 2.45) is 0 Å². The number of aliphatic hydroxyl groups excluding tert-OH is 1. The van der Waals surface area contributed by atoms with Gasteiger partial charge in [0.25, 0.3) is 0 Å². The molecule has 3 heteroatoms. The van der Waals surface area contributed by atoms with E-state index in [0.717, 1.165) is 18.4 Å². The van der Waals surface area contributed by atoms with E-state index >= 15 is 0 Å². The maximum atomic E-state index is 11.9. The predicted molar refractivity (Wildman–Crippen MR) is 62.2 cm³/mol. The van der Waals surface area contributed by atoms with Crippen molar-refractivity contribution >= 4 is 5.91 Å². The summed E-state index contributed by atoms with van der Waals surface area (Å²) < 4.78 is 0. The Labute approximate surface area is 95.5 Å². The van der Waals surface area contributed by atoms with Crippen LogP contribution in [0.15, 0.2) is 24.3 Å². The van der Waals surface area contributed by atoms with Gasteiger partial charge in [-0.1, -0.05) is 31.2 Å². The van der Waals surface area contributed by atoms with Gasteiger partial charge in [0.1, 0.15) is 0 Å². The van der Waals surface area contributed by atoms with Gasteiger partial charge in [0.2, 0.25) is 5.91 Å². The average molecular weight is 219 g/mol. The third-order valence-electron chi connectivity index (χ3n) is 3.23. The first kappa shape index (κ1) is 11.1. The van der Waals surface area contributed by atoms with Crippen molar-refractivity contribution < 1.29 is 9.90 Å². The predicted octanol–water partition coefficient (Wildman–Crippen LogP) is 1.21. The third kappa shape index (κ3) is 1.95. The van der Waals surface area contributed by atoms with Crippen molar-refractivity contribution in [2.45, 2.75) is 31.7 Å². The number of benzene rings is 1. The van der Waals surface area contributed by atoms with Crippen LogP contribution in [0.3, 0.4) is 0 Å². The fraction of sp³-hybridized carbons (Fsp3) is 0.462. The zero-order valence-corrected chi connectivity index (χ0v) is 9.44. The molecule has 0 saturated heterocycles. The first-order valence-electron chi connectivity index (χ1n) is 5.75. The molecule has 0 bridgehead atoms. The molecule has 0 heterocycles. The number of hydrogen-bond donors (Lipinski definition) is 2. The third-order valence-corrected chi connectivity index (χ3v) is 3.23. The van der Waals surface area contributed by atoms with Crippen LogP contribution in [0.2, 0.25) is 0 Å². The van der Waals surface area contributed by atoms with Gasteiger partial charge in [-0.05, 0) is 24.0 Å². The zero-order chi connectivity index (χ0) is 11.5. The summed E-state index contributed by atoms with van der Waals surface area (Å²) in [5.74, 6) is 0.0244. The Bertz CT molecular complexity index is 385. The molecule has 16 heavy (non-hydrogen) atoms. The van der Waals surface area contributed by atoms with Gasteiger partial charge in [-0.3, -0.25) is 4.79 Å². The summed E-state index contributed by atoms with van der Waals surface area (Å²) in [5.41, 5.74) is 2.40. The Morgan fingerprint density at radius 1 is 1.56 bits per heavy atom. The van der Waals surface area contributed by atoms with Gasteiger partial charge in [-0.15, -0.1) is 0 Å². The van der Waals surface area contributed by atoms with Gasteiger partial charge in [0, 0.05) is 0 Å². The normalized spacial score (nSPS) is 19.5. The van der Waals surface area contributed by atoms with Crippen LogP contribution in [0.1, 0.15) is 30.4 Å². The number of aliphatic hydroxyl groups is 1. The SMILES string of the molecule is CCC(CO)NC(=O)C1Cc2ccccc21. The van der Waals surface area contributed by atoms with E-state index < -0.39 is 0 Å². The van der Waals surface area contributed by atoms with Crippen LogP contribution in [0.5, 0.6) is 0 Å². The molecule has 1 aromatic carbocycles. The molecular formula is C13H17NO2. The van der Waals surface area contributed by atoms with E-state index in [4.69, 9.17) is 5.11 Å². The van der Waals surface area contributed by atoms with Crippen molar-refractivity contribution in [2.75, 3.05) is 6.61 Å². The molecular weight excluding hydrogens is 202 g/mol. The molecule has 2 atom stereocenters. The Morgan fingerprint density at radius 3 is 2.94 bits per heavy atom. The lowest BCUT2D eigenvalue weighted by molar-refractivity contribution is -0.124. The molecule has 0 aliphatic heterocycles. The van der Waals surface area contributed by atoms with Crippen LogP contribution in [0.4, 0.5) is 0 Å². The van der Waals surface area contributed by atoms with E-state index in [-0.39, 0.29) is 24.5 Å². The van der Waals surface area contributed by atoms with E-state index in [1.54, 1.807) is 0 Å². The Balaban J connectivity index is 1.99. The number of fused-ring (bicyclic) bond motifs is 1.